The quantitative estimate of drug-likeness (QED) is 0.734. The van der Waals surface area contributed by atoms with Crippen LogP contribution < -0.4 is 0 Å². The summed E-state index contributed by atoms with van der Waals surface area (Å²) >= 11 is 0. The van der Waals surface area contributed by atoms with Gasteiger partial charge in [0, 0.05) is 49.0 Å². The number of aromatic amines is 1. The molecule has 2 N–H and O–H groups in total. The van der Waals surface area contributed by atoms with Crippen LogP contribution in [0.15, 0.2) is 55.1 Å². The predicted octanol–water partition coefficient (Wildman–Crippen LogP) is 2.36. The summed E-state index contributed by atoms with van der Waals surface area (Å²) in [6.07, 6.45) is 8.31. The van der Waals surface area contributed by atoms with Crippen molar-refractivity contribution in [3.05, 3.63) is 60.7 Å². The van der Waals surface area contributed by atoms with Crippen LogP contribution in [0.25, 0.3) is 11.4 Å². The summed E-state index contributed by atoms with van der Waals surface area (Å²) in [6, 6.07) is 9.46. The van der Waals surface area contributed by atoms with Gasteiger partial charge in [-0.05, 0) is 42.9 Å². The van der Waals surface area contributed by atoms with E-state index >= 15 is 0 Å². The Bertz CT molecular complexity index is 936. The van der Waals surface area contributed by atoms with Gasteiger partial charge in [-0.2, -0.15) is 5.10 Å². The van der Waals surface area contributed by atoms with Crippen molar-refractivity contribution >= 4 is 5.91 Å². The fraction of sp³-hybridized carbons (Fsp3) is 0.381. The van der Waals surface area contributed by atoms with E-state index in [2.05, 4.69) is 15.1 Å². The lowest BCUT2D eigenvalue weighted by Gasteiger charge is -2.35. The number of hydrogen-bond acceptors (Lipinski definition) is 4. The number of carbonyl (C=O) groups excluding carboxylic acids is 1. The Labute approximate surface area is 163 Å². The van der Waals surface area contributed by atoms with Crippen LogP contribution in [0.5, 0.6) is 0 Å². The highest BCUT2D eigenvalue weighted by atomic mass is 16.3. The maximum atomic E-state index is 13.0. The van der Waals surface area contributed by atoms with Gasteiger partial charge < -0.3 is 15.0 Å². The average Bonchev–Trinajstić information content (AvgIpc) is 3.47. The number of aliphatic hydroxyl groups is 1. The van der Waals surface area contributed by atoms with Crippen molar-refractivity contribution in [2.45, 2.75) is 25.0 Å². The lowest BCUT2D eigenvalue weighted by Crippen LogP contribution is -2.36. The van der Waals surface area contributed by atoms with Crippen molar-refractivity contribution in [1.29, 1.82) is 0 Å². The minimum absolute atomic E-state index is 0.00104. The number of imidazole rings is 1. The summed E-state index contributed by atoms with van der Waals surface area (Å²) in [7, 11) is 0. The number of amides is 1. The second-order valence-corrected chi connectivity index (χ2v) is 7.84. The molecule has 7 nitrogen and oxygen atoms in total. The molecule has 144 valence electrons. The molecule has 2 aliphatic rings. The van der Waals surface area contributed by atoms with Gasteiger partial charge in [-0.1, -0.05) is 12.1 Å². The number of likely N-dealkylation sites (tertiary alicyclic amines) is 1. The number of rotatable bonds is 3. The Kier molecular flexibility index (Phi) is 4.24. The molecule has 2 fully saturated rings. The molecule has 0 bridgehead atoms. The highest BCUT2D eigenvalue weighted by Gasteiger charge is 2.43. The van der Waals surface area contributed by atoms with E-state index in [0.29, 0.717) is 23.9 Å². The molecular weight excluding hydrogens is 354 g/mol. The topological polar surface area (TPSA) is 87.0 Å². The predicted molar refractivity (Wildman–Crippen MR) is 103 cm³/mol. The highest BCUT2D eigenvalue weighted by Crippen LogP contribution is 2.41. The molecule has 4 atom stereocenters. The molecule has 0 spiro atoms. The van der Waals surface area contributed by atoms with Gasteiger partial charge in [-0.25, -0.2) is 4.98 Å². The largest absolute Gasteiger partial charge is 0.391 e. The molecular formula is C21H23N5O2. The number of hydrogen-bond donors (Lipinski definition) is 2. The summed E-state index contributed by atoms with van der Waals surface area (Å²) in [5, 5.41) is 14.9. The Morgan fingerprint density at radius 2 is 1.89 bits per heavy atom. The van der Waals surface area contributed by atoms with E-state index in [4.69, 9.17) is 0 Å². The van der Waals surface area contributed by atoms with Crippen LogP contribution in [0.2, 0.25) is 0 Å². The number of fused-ring (bicyclic) bond motifs is 1. The van der Waals surface area contributed by atoms with Crippen molar-refractivity contribution in [3.63, 3.8) is 0 Å². The zero-order valence-electron chi connectivity index (χ0n) is 15.5. The van der Waals surface area contributed by atoms with Gasteiger partial charge in [0.15, 0.2) is 0 Å². The lowest BCUT2D eigenvalue weighted by molar-refractivity contribution is 0.0306. The van der Waals surface area contributed by atoms with Crippen LogP contribution in [0.4, 0.5) is 0 Å². The van der Waals surface area contributed by atoms with Crippen LogP contribution in [0, 0.1) is 11.8 Å². The lowest BCUT2D eigenvalue weighted by atomic mass is 9.77. The second-order valence-electron chi connectivity index (χ2n) is 7.84. The Morgan fingerprint density at radius 3 is 2.57 bits per heavy atom. The normalized spacial score (nSPS) is 27.0. The van der Waals surface area contributed by atoms with E-state index in [-0.39, 0.29) is 11.9 Å². The van der Waals surface area contributed by atoms with Crippen molar-refractivity contribution in [2.75, 3.05) is 13.1 Å². The number of aromatic nitrogens is 4. The van der Waals surface area contributed by atoms with E-state index in [0.717, 1.165) is 30.8 Å². The summed E-state index contributed by atoms with van der Waals surface area (Å²) in [5.74, 6) is 1.62. The van der Waals surface area contributed by atoms with Crippen LogP contribution in [-0.4, -0.2) is 54.9 Å². The molecule has 7 heteroatoms. The molecule has 1 aliphatic carbocycles. The molecule has 1 aliphatic heterocycles. The number of aliphatic hydroxyl groups excluding tert-OH is 1. The maximum Gasteiger partial charge on any atom is 0.253 e. The molecule has 1 saturated heterocycles. The average molecular weight is 377 g/mol. The Hall–Kier alpha value is -2.93. The first kappa shape index (κ1) is 17.2. The maximum absolute atomic E-state index is 13.0. The minimum atomic E-state index is -0.413. The number of carbonyl (C=O) groups is 1. The van der Waals surface area contributed by atoms with Crippen LogP contribution in [-0.2, 0) is 0 Å². The summed E-state index contributed by atoms with van der Waals surface area (Å²) in [4.78, 5) is 22.3. The molecule has 1 saturated carbocycles. The molecule has 3 aromatic rings. The first-order valence-electron chi connectivity index (χ1n) is 9.75. The molecule has 5 rings (SSSR count). The fourth-order valence-corrected chi connectivity index (χ4v) is 4.71. The summed E-state index contributed by atoms with van der Waals surface area (Å²) < 4.78 is 1.86. The third-order valence-corrected chi connectivity index (χ3v) is 6.16. The molecule has 3 heterocycles. The number of H-pyrrole nitrogens is 1. The summed E-state index contributed by atoms with van der Waals surface area (Å²) in [6.45, 7) is 1.46. The van der Waals surface area contributed by atoms with Gasteiger partial charge in [-0.3, -0.25) is 9.48 Å². The molecule has 28 heavy (non-hydrogen) atoms. The van der Waals surface area contributed by atoms with Gasteiger partial charge in [0.05, 0.1) is 12.1 Å². The van der Waals surface area contributed by atoms with E-state index in [1.54, 1.807) is 18.6 Å². The molecule has 0 radical (unpaired) electrons. The molecule has 1 aromatic carbocycles. The SMILES string of the molecule is O=C(c1ccc(-c2ncc[nH]2)cc1)N1C[C@H]2C[C@@H](n3cccn3)[C@H](O)C[C@H]2C1. The van der Waals surface area contributed by atoms with Crippen LogP contribution in [0.1, 0.15) is 29.2 Å². The van der Waals surface area contributed by atoms with Gasteiger partial charge in [0.1, 0.15) is 5.82 Å². The van der Waals surface area contributed by atoms with E-state index < -0.39 is 6.10 Å². The van der Waals surface area contributed by atoms with Crippen molar-refractivity contribution in [3.8, 4) is 11.4 Å². The number of nitrogens with zero attached hydrogens (tertiary/aromatic N) is 4. The standard InChI is InChI=1S/C21H23N5O2/c27-19-11-17-13-25(12-16(17)10-18(19)26-9-1-6-24-26)21(28)15-4-2-14(3-5-15)20-22-7-8-23-20/h1-9,16-19,27H,10-13H2,(H,22,23)/t16-,17+,18-,19-/m1/s1. The zero-order valence-corrected chi connectivity index (χ0v) is 15.5. The minimum Gasteiger partial charge on any atom is -0.391 e. The van der Waals surface area contributed by atoms with Crippen molar-refractivity contribution in [1.82, 2.24) is 24.6 Å². The number of nitrogens with one attached hydrogen (secondary N) is 1. The van der Waals surface area contributed by atoms with E-state index in [9.17, 15) is 9.90 Å². The Morgan fingerprint density at radius 1 is 1.11 bits per heavy atom. The van der Waals surface area contributed by atoms with Crippen molar-refractivity contribution < 1.29 is 9.90 Å². The van der Waals surface area contributed by atoms with Gasteiger partial charge >= 0.3 is 0 Å². The molecule has 2 aromatic heterocycles. The number of benzene rings is 1. The van der Waals surface area contributed by atoms with Gasteiger partial charge in [0.25, 0.3) is 5.91 Å². The van der Waals surface area contributed by atoms with E-state index in [1.165, 1.54) is 0 Å². The van der Waals surface area contributed by atoms with Gasteiger partial charge in [-0.15, -0.1) is 0 Å². The monoisotopic (exact) mass is 377 g/mol. The van der Waals surface area contributed by atoms with Crippen LogP contribution in [0.3, 0.4) is 0 Å². The molecule has 0 unspecified atom stereocenters. The van der Waals surface area contributed by atoms with Crippen LogP contribution >= 0.6 is 0 Å². The van der Waals surface area contributed by atoms with E-state index in [1.807, 2.05) is 46.1 Å². The first-order chi connectivity index (χ1) is 13.7. The smallest absolute Gasteiger partial charge is 0.253 e. The van der Waals surface area contributed by atoms with Gasteiger partial charge in [0.2, 0.25) is 0 Å². The highest BCUT2D eigenvalue weighted by molar-refractivity contribution is 5.94. The molecule has 1 amide bonds. The third-order valence-electron chi connectivity index (χ3n) is 6.16. The third kappa shape index (κ3) is 3.01. The van der Waals surface area contributed by atoms with Crippen molar-refractivity contribution in [2.24, 2.45) is 11.8 Å². The second kappa shape index (κ2) is 6.91. The zero-order chi connectivity index (χ0) is 19.1. The summed E-state index contributed by atoms with van der Waals surface area (Å²) in [5.41, 5.74) is 1.65. The fourth-order valence-electron chi connectivity index (χ4n) is 4.71. The Balaban J connectivity index is 1.28. The first-order valence-corrected chi connectivity index (χ1v) is 9.75.